The summed E-state index contributed by atoms with van der Waals surface area (Å²) in [6, 6.07) is 1.06. The monoisotopic (exact) mass is 343 g/mol. The predicted molar refractivity (Wildman–Crippen MR) is 59.5 cm³/mol. The van der Waals surface area contributed by atoms with E-state index in [0.717, 1.165) is 6.07 Å². The van der Waals surface area contributed by atoms with Crippen LogP contribution in [0.4, 0.5) is 8.78 Å². The lowest BCUT2D eigenvalue weighted by atomic mass is 10.3. The molecule has 1 rings (SSSR count). The summed E-state index contributed by atoms with van der Waals surface area (Å²) in [5.41, 5.74) is -1.03. The summed E-state index contributed by atoms with van der Waals surface area (Å²) in [7, 11) is 0. The van der Waals surface area contributed by atoms with Crippen molar-refractivity contribution in [2.45, 2.75) is 13.3 Å². The highest BCUT2D eigenvalue weighted by molar-refractivity contribution is 14.1. The number of carbonyl (C=O) groups is 1. The normalized spacial score (nSPS) is 10.6. The molecule has 0 spiro atoms. The van der Waals surface area contributed by atoms with E-state index in [9.17, 15) is 18.7 Å². The maximum absolute atomic E-state index is 12.5. The first-order chi connectivity index (χ1) is 7.47. The van der Waals surface area contributed by atoms with E-state index < -0.39 is 29.5 Å². The molecule has 0 radical (unpaired) electrons. The van der Waals surface area contributed by atoms with Gasteiger partial charge in [-0.15, -0.1) is 0 Å². The highest BCUT2D eigenvalue weighted by Gasteiger charge is 2.21. The lowest BCUT2D eigenvalue weighted by Gasteiger charge is -2.07. The van der Waals surface area contributed by atoms with Gasteiger partial charge in [-0.3, -0.25) is 0 Å². The molecule has 0 aliphatic heterocycles. The Morgan fingerprint density at radius 1 is 1.69 bits per heavy atom. The van der Waals surface area contributed by atoms with Gasteiger partial charge in [-0.1, -0.05) is 0 Å². The number of hydrogen-bond acceptors (Lipinski definition) is 4. The molecular formula is C9H8F2INO3. The van der Waals surface area contributed by atoms with Crippen LogP contribution in [-0.4, -0.2) is 22.7 Å². The van der Waals surface area contributed by atoms with Crippen molar-refractivity contribution in [3.63, 3.8) is 0 Å². The summed E-state index contributed by atoms with van der Waals surface area (Å²) in [6.45, 7) is 1.64. The molecule has 0 fully saturated rings. The third kappa shape index (κ3) is 2.77. The first-order valence-electron chi connectivity index (χ1n) is 4.32. The van der Waals surface area contributed by atoms with E-state index in [1.807, 2.05) is 0 Å². The van der Waals surface area contributed by atoms with Crippen molar-refractivity contribution >= 4 is 28.6 Å². The van der Waals surface area contributed by atoms with Gasteiger partial charge < -0.3 is 9.84 Å². The molecule has 4 nitrogen and oxygen atoms in total. The molecule has 0 unspecified atom stereocenters. The van der Waals surface area contributed by atoms with E-state index in [2.05, 4.69) is 9.72 Å². The Morgan fingerprint density at radius 3 is 2.81 bits per heavy atom. The molecule has 1 aromatic heterocycles. The number of alkyl halides is 2. The summed E-state index contributed by atoms with van der Waals surface area (Å²) >= 11 is 1.61. The van der Waals surface area contributed by atoms with E-state index >= 15 is 0 Å². The summed E-state index contributed by atoms with van der Waals surface area (Å²) in [4.78, 5) is 14.7. The molecule has 0 aromatic carbocycles. The Labute approximate surface area is 104 Å². The smallest absolute Gasteiger partial charge is 0.360 e. The topological polar surface area (TPSA) is 59.4 Å². The number of aromatic nitrogens is 1. The van der Waals surface area contributed by atoms with Crippen LogP contribution in [0, 0.1) is 3.57 Å². The maximum Gasteiger partial charge on any atom is 0.360 e. The minimum atomic E-state index is -2.80. The molecule has 1 aromatic rings. The molecule has 0 saturated heterocycles. The van der Waals surface area contributed by atoms with Gasteiger partial charge in [0, 0.05) is 3.57 Å². The zero-order valence-corrected chi connectivity index (χ0v) is 10.4. The molecular weight excluding hydrogens is 335 g/mol. The van der Waals surface area contributed by atoms with Gasteiger partial charge in [-0.25, -0.2) is 18.6 Å². The van der Waals surface area contributed by atoms with E-state index in [-0.39, 0.29) is 10.2 Å². The Balaban J connectivity index is 3.19. The Hall–Kier alpha value is -0.990. The summed E-state index contributed by atoms with van der Waals surface area (Å²) in [5, 5.41) is 9.38. The van der Waals surface area contributed by atoms with Crippen molar-refractivity contribution in [3.05, 3.63) is 21.0 Å². The predicted octanol–water partition coefficient (Wildman–Crippen LogP) is 2.51. The first kappa shape index (κ1) is 13.1. The van der Waals surface area contributed by atoms with Gasteiger partial charge in [0.25, 0.3) is 6.43 Å². The minimum Gasteiger partial charge on any atom is -0.505 e. The second-order valence-electron chi connectivity index (χ2n) is 2.74. The average molecular weight is 343 g/mol. The van der Waals surface area contributed by atoms with Crippen molar-refractivity contribution in [1.29, 1.82) is 0 Å². The van der Waals surface area contributed by atoms with Crippen molar-refractivity contribution in [3.8, 4) is 5.75 Å². The molecule has 1 heterocycles. The molecule has 0 aliphatic carbocycles. The highest BCUT2D eigenvalue weighted by atomic mass is 127. The number of carbonyl (C=O) groups excluding carboxylic acids is 1. The molecule has 88 valence electrons. The standard InChI is InChI=1S/C9H8F2INO3/c1-2-16-9(15)7-5(14)3-4(12)6(13-7)8(10)11/h3,8,14H,2H2,1H3. The third-order valence-electron chi connectivity index (χ3n) is 1.66. The van der Waals surface area contributed by atoms with Crippen LogP contribution in [0.15, 0.2) is 6.07 Å². The van der Waals surface area contributed by atoms with Gasteiger partial charge in [0.15, 0.2) is 5.69 Å². The summed E-state index contributed by atoms with van der Waals surface area (Å²) in [6.07, 6.45) is -2.80. The lowest BCUT2D eigenvalue weighted by molar-refractivity contribution is 0.0514. The zero-order valence-electron chi connectivity index (χ0n) is 8.21. The molecule has 0 amide bonds. The van der Waals surface area contributed by atoms with Gasteiger partial charge in [0.2, 0.25) is 0 Å². The number of hydrogen-bond donors (Lipinski definition) is 1. The molecule has 0 bridgehead atoms. The van der Waals surface area contributed by atoms with Crippen LogP contribution in [0.5, 0.6) is 5.75 Å². The van der Waals surface area contributed by atoms with E-state index in [1.165, 1.54) is 0 Å². The van der Waals surface area contributed by atoms with Gasteiger partial charge >= 0.3 is 5.97 Å². The van der Waals surface area contributed by atoms with Gasteiger partial charge in [0.05, 0.1) is 6.61 Å². The largest absolute Gasteiger partial charge is 0.505 e. The van der Waals surface area contributed by atoms with Gasteiger partial charge in [-0.2, -0.15) is 0 Å². The maximum atomic E-state index is 12.5. The molecule has 16 heavy (non-hydrogen) atoms. The van der Waals surface area contributed by atoms with Crippen LogP contribution in [0.3, 0.4) is 0 Å². The first-order valence-corrected chi connectivity index (χ1v) is 5.40. The Morgan fingerprint density at radius 2 is 2.31 bits per heavy atom. The van der Waals surface area contributed by atoms with Crippen molar-refractivity contribution in [2.24, 2.45) is 0 Å². The van der Waals surface area contributed by atoms with Crippen molar-refractivity contribution in [2.75, 3.05) is 6.61 Å². The molecule has 0 atom stereocenters. The molecule has 0 aliphatic rings. The fraction of sp³-hybridized carbons (Fsp3) is 0.333. The van der Waals surface area contributed by atoms with Gasteiger partial charge in [-0.05, 0) is 35.6 Å². The van der Waals surface area contributed by atoms with E-state index in [0.29, 0.717) is 0 Å². The fourth-order valence-electron chi connectivity index (χ4n) is 0.996. The van der Waals surface area contributed by atoms with Crippen LogP contribution in [-0.2, 0) is 4.74 Å². The Bertz CT molecular complexity index is 412. The number of ether oxygens (including phenoxy) is 1. The van der Waals surface area contributed by atoms with Crippen LogP contribution in [0.25, 0.3) is 0 Å². The fourth-order valence-corrected chi connectivity index (χ4v) is 1.65. The number of pyridine rings is 1. The van der Waals surface area contributed by atoms with E-state index in [1.54, 1.807) is 29.5 Å². The number of rotatable bonds is 3. The number of nitrogens with zero attached hydrogens (tertiary/aromatic N) is 1. The van der Waals surface area contributed by atoms with Crippen molar-refractivity contribution in [1.82, 2.24) is 4.98 Å². The second-order valence-corrected chi connectivity index (χ2v) is 3.91. The van der Waals surface area contributed by atoms with Crippen LogP contribution in [0.1, 0.15) is 29.5 Å². The third-order valence-corrected chi connectivity index (χ3v) is 2.52. The number of aromatic hydroxyl groups is 1. The number of esters is 1. The summed E-state index contributed by atoms with van der Waals surface area (Å²) in [5.74, 6) is -1.38. The van der Waals surface area contributed by atoms with Crippen LogP contribution >= 0.6 is 22.6 Å². The van der Waals surface area contributed by atoms with Crippen LogP contribution < -0.4 is 0 Å². The lowest BCUT2D eigenvalue weighted by Crippen LogP contribution is -2.10. The number of halogens is 3. The SMILES string of the molecule is CCOC(=O)c1nc(C(F)F)c(I)cc1O. The van der Waals surface area contributed by atoms with Crippen molar-refractivity contribution < 1.29 is 23.4 Å². The second kappa shape index (κ2) is 5.37. The molecule has 0 saturated carbocycles. The quantitative estimate of drug-likeness (QED) is 0.677. The van der Waals surface area contributed by atoms with Gasteiger partial charge in [0.1, 0.15) is 11.4 Å². The molecule has 1 N–H and O–H groups in total. The molecule has 7 heteroatoms. The average Bonchev–Trinajstić information content (AvgIpc) is 2.17. The zero-order chi connectivity index (χ0) is 12.3. The summed E-state index contributed by atoms with van der Waals surface area (Å²) < 4.78 is 29.6. The van der Waals surface area contributed by atoms with Crippen LogP contribution in [0.2, 0.25) is 0 Å². The minimum absolute atomic E-state index is 0.0793. The Kier molecular flexibility index (Phi) is 4.39. The van der Waals surface area contributed by atoms with E-state index in [4.69, 9.17) is 0 Å². The highest BCUT2D eigenvalue weighted by Crippen LogP contribution is 2.27.